The third-order valence-corrected chi connectivity index (χ3v) is 10.1. The van der Waals surface area contributed by atoms with E-state index in [1.54, 1.807) is 0 Å². The molecule has 2 heterocycles. The summed E-state index contributed by atoms with van der Waals surface area (Å²) in [4.78, 5) is 19.9. The largest absolute Gasteiger partial charge is 0.417 e. The predicted octanol–water partition coefficient (Wildman–Crippen LogP) is 7.57. The van der Waals surface area contributed by atoms with Crippen LogP contribution in [0.5, 0.6) is 0 Å². The minimum Gasteiger partial charge on any atom is -0.337 e. The normalized spacial score (nSPS) is 33.0. The van der Waals surface area contributed by atoms with Crippen LogP contribution in [0.2, 0.25) is 0 Å². The fourth-order valence-corrected chi connectivity index (χ4v) is 8.29. The van der Waals surface area contributed by atoms with Gasteiger partial charge >= 0.3 is 6.18 Å². The summed E-state index contributed by atoms with van der Waals surface area (Å²) in [6.07, 6.45) is 13.2. The van der Waals surface area contributed by atoms with Gasteiger partial charge in [-0.05, 0) is 61.0 Å². The molecule has 3 fully saturated rings. The van der Waals surface area contributed by atoms with Crippen LogP contribution >= 0.6 is 0 Å². The molecule has 0 saturated heterocycles. The highest BCUT2D eigenvalue weighted by Gasteiger charge is 2.55. The Hall–Kier alpha value is -1.59. The highest BCUT2D eigenvalue weighted by molar-refractivity contribution is 5.84. The fraction of sp³-hybridized carbons (Fsp3) is 0.793. The first-order valence-corrected chi connectivity index (χ1v) is 14.1. The third kappa shape index (κ3) is 5.00. The van der Waals surface area contributed by atoms with E-state index < -0.39 is 11.7 Å². The molecule has 3 nitrogen and oxygen atoms in total. The number of aromatic nitrogens is 1. The maximum absolute atomic E-state index is 13.9. The molecule has 1 aliphatic heterocycles. The number of alkyl halides is 3. The lowest BCUT2D eigenvalue weighted by atomic mass is 9.75. The SMILES string of the molecule is CCC1CCCCC1CCCC1CC2CCCC2(C(=O)N2CCc3ncc(C(F)(F)F)cc3C2)C1. The van der Waals surface area contributed by atoms with Crippen LogP contribution in [0.15, 0.2) is 12.3 Å². The number of fused-ring (bicyclic) bond motifs is 2. The second-order valence-corrected chi connectivity index (χ2v) is 12.0. The van der Waals surface area contributed by atoms with Crippen molar-refractivity contribution in [3.63, 3.8) is 0 Å². The van der Waals surface area contributed by atoms with Crippen LogP contribution in [-0.2, 0) is 23.9 Å². The van der Waals surface area contributed by atoms with Gasteiger partial charge in [0.15, 0.2) is 0 Å². The van der Waals surface area contributed by atoms with Crippen molar-refractivity contribution in [2.45, 2.75) is 110 Å². The molecule has 0 aromatic carbocycles. The minimum absolute atomic E-state index is 0.212. The van der Waals surface area contributed by atoms with Crippen LogP contribution in [0.25, 0.3) is 0 Å². The Kier molecular flexibility index (Phi) is 7.20. The number of amides is 1. The summed E-state index contributed by atoms with van der Waals surface area (Å²) in [5.74, 6) is 3.11. The number of rotatable bonds is 6. The topological polar surface area (TPSA) is 33.2 Å². The van der Waals surface area contributed by atoms with E-state index in [4.69, 9.17) is 0 Å². The van der Waals surface area contributed by atoms with E-state index in [1.807, 2.05) is 4.90 Å². The highest BCUT2D eigenvalue weighted by atomic mass is 19.4. The Balaban J connectivity index is 1.22. The standard InChI is InChI=1S/C29H41F3N2O/c1-2-21-8-3-4-9-22(21)10-5-7-20-15-24-11-6-13-28(24,17-20)27(35)34-14-12-26-23(19-34)16-25(18-33-26)29(30,31)32/h16,18,20-22,24H,2-15,17,19H2,1H3. The molecule has 0 N–H and O–H groups in total. The molecule has 6 heteroatoms. The molecule has 35 heavy (non-hydrogen) atoms. The van der Waals surface area contributed by atoms with Crippen molar-refractivity contribution in [3.05, 3.63) is 29.1 Å². The van der Waals surface area contributed by atoms with E-state index in [-0.39, 0.29) is 17.9 Å². The van der Waals surface area contributed by atoms with E-state index in [2.05, 4.69) is 11.9 Å². The van der Waals surface area contributed by atoms with Crippen molar-refractivity contribution in [2.75, 3.05) is 6.54 Å². The lowest BCUT2D eigenvalue weighted by Gasteiger charge is -2.37. The Morgan fingerprint density at radius 1 is 1.14 bits per heavy atom. The van der Waals surface area contributed by atoms with Gasteiger partial charge in [-0.1, -0.05) is 64.7 Å². The Bertz CT molecular complexity index is 916. The van der Waals surface area contributed by atoms with Gasteiger partial charge in [-0.2, -0.15) is 13.2 Å². The molecule has 194 valence electrons. The summed E-state index contributed by atoms with van der Waals surface area (Å²) in [6, 6.07) is 1.21. The molecule has 1 aromatic rings. The van der Waals surface area contributed by atoms with Gasteiger partial charge in [0.1, 0.15) is 0 Å². The molecule has 5 unspecified atom stereocenters. The van der Waals surface area contributed by atoms with Crippen LogP contribution in [0.1, 0.15) is 107 Å². The van der Waals surface area contributed by atoms with E-state index in [0.717, 1.165) is 50.1 Å². The third-order valence-electron chi connectivity index (χ3n) is 10.1. The molecule has 5 rings (SSSR count). The number of hydrogen-bond acceptors (Lipinski definition) is 2. The zero-order valence-corrected chi connectivity index (χ0v) is 21.2. The van der Waals surface area contributed by atoms with Gasteiger partial charge in [-0.3, -0.25) is 9.78 Å². The van der Waals surface area contributed by atoms with E-state index >= 15 is 0 Å². The maximum Gasteiger partial charge on any atom is 0.417 e. The average Bonchev–Trinajstić information content (AvgIpc) is 3.41. The smallest absolute Gasteiger partial charge is 0.337 e. The monoisotopic (exact) mass is 490 g/mol. The number of pyridine rings is 1. The first-order chi connectivity index (χ1) is 16.8. The molecular formula is C29H41F3N2O. The number of halogens is 3. The van der Waals surface area contributed by atoms with Gasteiger partial charge in [-0.25, -0.2) is 0 Å². The number of carbonyl (C=O) groups is 1. The molecule has 0 spiro atoms. The summed E-state index contributed by atoms with van der Waals surface area (Å²) < 4.78 is 39.7. The zero-order chi connectivity index (χ0) is 24.6. The van der Waals surface area contributed by atoms with Gasteiger partial charge in [-0.15, -0.1) is 0 Å². The van der Waals surface area contributed by atoms with Gasteiger partial charge in [0.05, 0.1) is 11.0 Å². The van der Waals surface area contributed by atoms with E-state index in [9.17, 15) is 18.0 Å². The Morgan fingerprint density at radius 2 is 1.94 bits per heavy atom. The predicted molar refractivity (Wildman–Crippen MR) is 130 cm³/mol. The van der Waals surface area contributed by atoms with Gasteiger partial charge in [0.25, 0.3) is 0 Å². The van der Waals surface area contributed by atoms with Crippen molar-refractivity contribution in [1.29, 1.82) is 0 Å². The highest BCUT2D eigenvalue weighted by Crippen LogP contribution is 2.58. The lowest BCUT2D eigenvalue weighted by Crippen LogP contribution is -2.46. The van der Waals surface area contributed by atoms with Crippen LogP contribution in [0, 0.1) is 29.1 Å². The summed E-state index contributed by atoms with van der Waals surface area (Å²) in [5, 5.41) is 0. The number of carbonyl (C=O) groups excluding carboxylic acids is 1. The van der Waals surface area contributed by atoms with Crippen LogP contribution < -0.4 is 0 Å². The molecule has 0 radical (unpaired) electrons. The summed E-state index contributed by atoms with van der Waals surface area (Å²) >= 11 is 0. The molecule has 4 aliphatic rings. The van der Waals surface area contributed by atoms with Gasteiger partial charge in [0, 0.05) is 31.4 Å². The van der Waals surface area contributed by atoms with Crippen molar-refractivity contribution in [1.82, 2.24) is 9.88 Å². The lowest BCUT2D eigenvalue weighted by molar-refractivity contribution is -0.144. The summed E-state index contributed by atoms with van der Waals surface area (Å²) in [7, 11) is 0. The van der Waals surface area contributed by atoms with Crippen LogP contribution in [0.4, 0.5) is 13.2 Å². The molecule has 1 amide bonds. The van der Waals surface area contributed by atoms with Gasteiger partial charge < -0.3 is 4.90 Å². The van der Waals surface area contributed by atoms with Crippen LogP contribution in [-0.4, -0.2) is 22.3 Å². The second-order valence-electron chi connectivity index (χ2n) is 12.0. The van der Waals surface area contributed by atoms with Gasteiger partial charge in [0.2, 0.25) is 5.91 Å². The molecule has 0 bridgehead atoms. The number of hydrogen-bond donors (Lipinski definition) is 0. The summed E-state index contributed by atoms with van der Waals surface area (Å²) in [5.41, 5.74) is 0.290. The minimum atomic E-state index is -4.41. The first kappa shape index (κ1) is 25.1. The molecule has 1 aromatic heterocycles. The fourth-order valence-electron chi connectivity index (χ4n) is 8.29. The second kappa shape index (κ2) is 10.0. The quantitative estimate of drug-likeness (QED) is 0.412. The Labute approximate surface area is 208 Å². The van der Waals surface area contributed by atoms with Crippen molar-refractivity contribution in [2.24, 2.45) is 29.1 Å². The molecule has 3 saturated carbocycles. The molecular weight excluding hydrogens is 449 g/mol. The van der Waals surface area contributed by atoms with Crippen molar-refractivity contribution in [3.8, 4) is 0 Å². The summed E-state index contributed by atoms with van der Waals surface area (Å²) in [6.45, 7) is 3.18. The maximum atomic E-state index is 13.9. The zero-order valence-electron chi connectivity index (χ0n) is 21.2. The first-order valence-electron chi connectivity index (χ1n) is 14.1. The molecule has 3 aliphatic carbocycles. The van der Waals surface area contributed by atoms with E-state index in [1.165, 1.54) is 57.4 Å². The van der Waals surface area contributed by atoms with Crippen LogP contribution in [0.3, 0.4) is 0 Å². The van der Waals surface area contributed by atoms with Crippen molar-refractivity contribution >= 4 is 5.91 Å². The van der Waals surface area contributed by atoms with E-state index in [0.29, 0.717) is 36.1 Å². The molecule has 5 atom stereocenters. The van der Waals surface area contributed by atoms with Crippen molar-refractivity contribution < 1.29 is 18.0 Å². The average molecular weight is 491 g/mol. The number of nitrogens with zero attached hydrogens (tertiary/aromatic N) is 2. The Morgan fingerprint density at radius 3 is 2.71 bits per heavy atom.